The van der Waals surface area contributed by atoms with Gasteiger partial charge in [0.25, 0.3) is 0 Å². The number of ketones is 2. The molecule has 0 fully saturated rings. The minimum absolute atomic E-state index is 0. The van der Waals surface area contributed by atoms with Gasteiger partial charge in [-0.3, -0.25) is 9.59 Å². The van der Waals surface area contributed by atoms with E-state index in [9.17, 15) is 9.59 Å². The fraction of sp³-hybridized carbons (Fsp3) is 0.379. The molecule has 0 heterocycles. The van der Waals surface area contributed by atoms with E-state index < -0.39 is 0 Å². The maximum absolute atomic E-state index is 13.0. The molecule has 8 nitrogen and oxygen atoms in total. The quantitative estimate of drug-likeness (QED) is 0.178. The number of methoxy groups -OCH3 is 2. The Hall–Kier alpha value is -3.04. The molecule has 0 saturated carbocycles. The van der Waals surface area contributed by atoms with Crippen LogP contribution in [0.25, 0.3) is 11.1 Å². The summed E-state index contributed by atoms with van der Waals surface area (Å²) in [4.78, 5) is 26.1. The van der Waals surface area contributed by atoms with Crippen LogP contribution in [0.5, 0.6) is 23.0 Å². The van der Waals surface area contributed by atoms with Gasteiger partial charge < -0.3 is 55.2 Å². The molecule has 6 N–H and O–H groups in total. The predicted octanol–water partition coefficient (Wildman–Crippen LogP) is -3.23. The van der Waals surface area contributed by atoms with E-state index in [1.54, 1.807) is 28.1 Å². The molecule has 216 valence electrons. The van der Waals surface area contributed by atoms with Crippen molar-refractivity contribution in [1.82, 2.24) is 0 Å². The number of carbonyl (C=O) groups excluding carboxylic acids is 2. The Bertz CT molecular complexity index is 1100. The van der Waals surface area contributed by atoms with Crippen molar-refractivity contribution in [2.24, 2.45) is 0 Å². The van der Waals surface area contributed by atoms with Gasteiger partial charge in [-0.25, -0.2) is 0 Å². The second-order valence-electron chi connectivity index (χ2n) is 8.66. The summed E-state index contributed by atoms with van der Waals surface area (Å²) in [6.45, 7) is 9.46. The number of hydrogen-bond donors (Lipinski definition) is 2. The SMILES string of the molecule is COc1cc(/C(C)=C(\C)C(=O)CC(=O)/C(C)=C(\C)c2ccc(OCC[NH3+])c(OC)c2)ccc1OCC[NH3+].[Cl-].[Cl-]. The number of benzene rings is 2. The van der Waals surface area contributed by atoms with Gasteiger partial charge in [0.15, 0.2) is 34.6 Å². The van der Waals surface area contributed by atoms with Gasteiger partial charge in [0.2, 0.25) is 0 Å². The first-order valence-corrected chi connectivity index (χ1v) is 12.3. The van der Waals surface area contributed by atoms with E-state index in [2.05, 4.69) is 11.5 Å². The van der Waals surface area contributed by atoms with Crippen LogP contribution in [0.3, 0.4) is 0 Å². The first kappa shape index (κ1) is 36.0. The van der Waals surface area contributed by atoms with Crippen molar-refractivity contribution in [3.05, 3.63) is 58.7 Å². The number of rotatable bonds is 14. The number of allylic oxidation sites excluding steroid dienone is 4. The lowest BCUT2D eigenvalue weighted by Gasteiger charge is -2.14. The fourth-order valence-corrected chi connectivity index (χ4v) is 3.67. The van der Waals surface area contributed by atoms with Crippen molar-refractivity contribution >= 4 is 22.7 Å². The molecule has 0 bridgehead atoms. The summed E-state index contributed by atoms with van der Waals surface area (Å²) in [7, 11) is 3.14. The van der Waals surface area contributed by atoms with Gasteiger partial charge in [0.1, 0.15) is 26.3 Å². The lowest BCUT2D eigenvalue weighted by atomic mass is 9.93. The second kappa shape index (κ2) is 17.5. The van der Waals surface area contributed by atoms with Gasteiger partial charge in [-0.15, -0.1) is 0 Å². The van der Waals surface area contributed by atoms with Crippen LogP contribution in [0, 0.1) is 0 Å². The van der Waals surface area contributed by atoms with Gasteiger partial charge in [0.05, 0.1) is 20.6 Å². The number of Topliss-reactive ketones (excluding diaryl/α,β-unsaturated/α-hetero) is 2. The Kier molecular flexibility index (Phi) is 16.2. The van der Waals surface area contributed by atoms with Crippen LogP contribution >= 0.6 is 0 Å². The number of carbonyl (C=O) groups is 2. The molecule has 0 aromatic heterocycles. The maximum atomic E-state index is 13.0. The molecular weight excluding hydrogens is 543 g/mol. The summed E-state index contributed by atoms with van der Waals surface area (Å²) in [6.07, 6.45) is -0.212. The van der Waals surface area contributed by atoms with E-state index in [-0.39, 0.29) is 42.8 Å². The van der Waals surface area contributed by atoms with Gasteiger partial charge in [-0.2, -0.15) is 0 Å². The second-order valence-corrected chi connectivity index (χ2v) is 8.66. The van der Waals surface area contributed by atoms with Crippen LogP contribution in [-0.2, 0) is 9.59 Å². The molecule has 10 heteroatoms. The topological polar surface area (TPSA) is 126 Å². The monoisotopic (exact) mass is 582 g/mol. The van der Waals surface area contributed by atoms with Gasteiger partial charge in [-0.05, 0) is 85.4 Å². The average molecular weight is 584 g/mol. The zero-order valence-electron chi connectivity index (χ0n) is 23.6. The van der Waals surface area contributed by atoms with Crippen molar-refractivity contribution in [2.45, 2.75) is 34.1 Å². The third-order valence-corrected chi connectivity index (χ3v) is 6.28. The highest BCUT2D eigenvalue weighted by Gasteiger charge is 2.18. The lowest BCUT2D eigenvalue weighted by Crippen LogP contribution is -3.00. The summed E-state index contributed by atoms with van der Waals surface area (Å²) in [5, 5.41) is 0. The molecule has 0 atom stereocenters. The maximum Gasteiger partial charge on any atom is 0.166 e. The van der Waals surface area contributed by atoms with E-state index in [1.807, 2.05) is 50.2 Å². The fourth-order valence-electron chi connectivity index (χ4n) is 3.67. The number of ether oxygens (including phenoxy) is 4. The highest BCUT2D eigenvalue weighted by atomic mass is 35.5. The Balaban J connectivity index is 0.00000722. The highest BCUT2D eigenvalue weighted by molar-refractivity contribution is 6.16. The molecule has 0 unspecified atom stereocenters. The Morgan fingerprint density at radius 1 is 0.641 bits per heavy atom. The molecule has 0 aliphatic rings. The van der Waals surface area contributed by atoms with Crippen molar-refractivity contribution in [3.63, 3.8) is 0 Å². The van der Waals surface area contributed by atoms with Crippen LogP contribution in [0.4, 0.5) is 0 Å². The first-order valence-electron chi connectivity index (χ1n) is 12.3. The number of halogens is 2. The molecule has 0 amide bonds. The van der Waals surface area contributed by atoms with E-state index in [1.165, 1.54) is 0 Å². The van der Waals surface area contributed by atoms with Crippen molar-refractivity contribution in [1.29, 1.82) is 0 Å². The largest absolute Gasteiger partial charge is 1.00 e. The number of quaternary nitrogens is 2. The third-order valence-electron chi connectivity index (χ3n) is 6.28. The predicted molar refractivity (Wildman–Crippen MR) is 144 cm³/mol. The highest BCUT2D eigenvalue weighted by Crippen LogP contribution is 2.33. The normalized spacial score (nSPS) is 11.7. The Labute approximate surface area is 243 Å². The van der Waals surface area contributed by atoms with Crippen LogP contribution in [-0.4, -0.2) is 52.1 Å². The molecule has 39 heavy (non-hydrogen) atoms. The van der Waals surface area contributed by atoms with Crippen LogP contribution in [0.1, 0.15) is 45.2 Å². The lowest BCUT2D eigenvalue weighted by molar-refractivity contribution is -0.371. The zero-order chi connectivity index (χ0) is 27.5. The minimum Gasteiger partial charge on any atom is -1.00 e. The van der Waals surface area contributed by atoms with Crippen LogP contribution in [0.15, 0.2) is 47.5 Å². The first-order chi connectivity index (χ1) is 17.7. The molecule has 2 aromatic rings. The Morgan fingerprint density at radius 3 is 1.31 bits per heavy atom. The summed E-state index contributed by atoms with van der Waals surface area (Å²) in [6, 6.07) is 11.1. The molecule has 0 radical (unpaired) electrons. The van der Waals surface area contributed by atoms with Gasteiger partial charge >= 0.3 is 0 Å². The molecular formula is C29H40Cl2N2O6. The zero-order valence-corrected chi connectivity index (χ0v) is 25.1. The van der Waals surface area contributed by atoms with E-state index in [0.29, 0.717) is 60.4 Å². The molecule has 2 aromatic carbocycles. The average Bonchev–Trinajstić information content (AvgIpc) is 2.92. The number of hydrogen-bond acceptors (Lipinski definition) is 6. The van der Waals surface area contributed by atoms with Crippen molar-refractivity contribution in [3.8, 4) is 23.0 Å². The molecule has 0 aliphatic heterocycles. The van der Waals surface area contributed by atoms with Gasteiger partial charge in [-0.1, -0.05) is 12.1 Å². The molecule has 0 spiro atoms. The summed E-state index contributed by atoms with van der Waals surface area (Å²) >= 11 is 0. The van der Waals surface area contributed by atoms with E-state index in [4.69, 9.17) is 18.9 Å². The third kappa shape index (κ3) is 9.58. The van der Waals surface area contributed by atoms with Crippen LogP contribution < -0.4 is 55.2 Å². The standard InChI is InChI=1S/C29H38N2O6.2ClH/c1-18(22-7-9-26(36-13-11-30)28(15-22)34-5)20(3)24(32)17-25(33)21(4)19(2)23-8-10-27(37-14-12-31)29(16-23)35-6;;/h7-10,15-16H,11-14,17,30-31H2,1-6H3;2*1H/b20-18+,21-19+;;. The van der Waals surface area contributed by atoms with Crippen molar-refractivity contribution in [2.75, 3.05) is 40.5 Å². The van der Waals surface area contributed by atoms with E-state index in [0.717, 1.165) is 22.3 Å². The van der Waals surface area contributed by atoms with Crippen LogP contribution in [0.2, 0.25) is 0 Å². The summed E-state index contributed by atoms with van der Waals surface area (Å²) < 4.78 is 22.2. The summed E-state index contributed by atoms with van der Waals surface area (Å²) in [5.74, 6) is 1.96. The minimum atomic E-state index is -0.222. The molecule has 2 rings (SSSR count). The van der Waals surface area contributed by atoms with Crippen molar-refractivity contribution < 1.29 is 64.8 Å². The van der Waals surface area contributed by atoms with Gasteiger partial charge in [0, 0.05) is 0 Å². The smallest absolute Gasteiger partial charge is 0.166 e. The molecule has 0 saturated heterocycles. The van der Waals surface area contributed by atoms with E-state index >= 15 is 0 Å². The molecule has 0 aliphatic carbocycles. The Morgan fingerprint density at radius 2 is 1.00 bits per heavy atom. The summed E-state index contributed by atoms with van der Waals surface area (Å²) in [5.41, 5.74) is 11.8.